The summed E-state index contributed by atoms with van der Waals surface area (Å²) in [5, 5.41) is 3.39. The minimum Gasteiger partial charge on any atom is -0.368 e. The van der Waals surface area contributed by atoms with E-state index in [1.54, 1.807) is 25.2 Å². The molecule has 1 aliphatic heterocycles. The molecular weight excluding hydrogens is 300 g/mol. The number of rotatable bonds is 4. The van der Waals surface area contributed by atoms with Crippen LogP contribution in [0.5, 0.6) is 0 Å². The van der Waals surface area contributed by atoms with E-state index in [0.29, 0.717) is 11.6 Å². The molecule has 1 aliphatic rings. The van der Waals surface area contributed by atoms with Gasteiger partial charge < -0.3 is 10.2 Å². The quantitative estimate of drug-likeness (QED) is 0.937. The summed E-state index contributed by atoms with van der Waals surface area (Å²) in [5.74, 6) is 0.773. The molecule has 2 heterocycles. The van der Waals surface area contributed by atoms with E-state index in [2.05, 4.69) is 46.5 Å². The SMILES string of the molecule is CN(C)C(=O)c1ccc(NCC2Cc3ccccc3CN2C)nc1. The van der Waals surface area contributed by atoms with E-state index >= 15 is 0 Å². The van der Waals surface area contributed by atoms with Crippen molar-refractivity contribution in [3.8, 4) is 0 Å². The highest BCUT2D eigenvalue weighted by molar-refractivity contribution is 5.93. The zero-order valence-electron chi connectivity index (χ0n) is 14.5. The molecule has 0 bridgehead atoms. The van der Waals surface area contributed by atoms with E-state index in [1.165, 1.54) is 11.1 Å². The highest BCUT2D eigenvalue weighted by atomic mass is 16.2. The van der Waals surface area contributed by atoms with Gasteiger partial charge in [-0.1, -0.05) is 24.3 Å². The Morgan fingerprint density at radius 1 is 1.25 bits per heavy atom. The molecule has 0 saturated carbocycles. The maximum Gasteiger partial charge on any atom is 0.254 e. The van der Waals surface area contributed by atoms with Gasteiger partial charge in [0.05, 0.1) is 5.56 Å². The molecule has 1 aromatic carbocycles. The Labute approximate surface area is 143 Å². The minimum atomic E-state index is -0.0299. The first kappa shape index (κ1) is 16.5. The van der Waals surface area contributed by atoms with Crippen LogP contribution in [0.2, 0.25) is 0 Å². The van der Waals surface area contributed by atoms with Gasteiger partial charge in [-0.2, -0.15) is 0 Å². The van der Waals surface area contributed by atoms with Gasteiger partial charge in [0.15, 0.2) is 0 Å². The zero-order chi connectivity index (χ0) is 17.1. The molecule has 1 atom stereocenters. The van der Waals surface area contributed by atoms with Gasteiger partial charge in [-0.25, -0.2) is 4.98 Å². The summed E-state index contributed by atoms with van der Waals surface area (Å²) in [6, 6.07) is 12.8. The second-order valence-corrected chi connectivity index (χ2v) is 6.55. The number of likely N-dealkylation sites (N-methyl/N-ethyl adjacent to an activating group) is 1. The van der Waals surface area contributed by atoms with Crippen molar-refractivity contribution >= 4 is 11.7 Å². The van der Waals surface area contributed by atoms with Crippen LogP contribution in [0.15, 0.2) is 42.6 Å². The van der Waals surface area contributed by atoms with Crippen molar-refractivity contribution in [3.63, 3.8) is 0 Å². The second kappa shape index (κ2) is 7.01. The summed E-state index contributed by atoms with van der Waals surface area (Å²) in [5.41, 5.74) is 3.46. The van der Waals surface area contributed by atoms with Gasteiger partial charge in [-0.15, -0.1) is 0 Å². The Bertz CT molecular complexity index is 712. The van der Waals surface area contributed by atoms with Gasteiger partial charge in [-0.3, -0.25) is 9.69 Å². The van der Waals surface area contributed by atoms with Crippen molar-refractivity contribution in [2.75, 3.05) is 33.0 Å². The lowest BCUT2D eigenvalue weighted by Gasteiger charge is -2.34. The first-order chi connectivity index (χ1) is 11.5. The number of nitrogens with one attached hydrogen (secondary N) is 1. The van der Waals surface area contributed by atoms with Gasteiger partial charge >= 0.3 is 0 Å². The smallest absolute Gasteiger partial charge is 0.254 e. The topological polar surface area (TPSA) is 48.5 Å². The Morgan fingerprint density at radius 2 is 2.00 bits per heavy atom. The fourth-order valence-corrected chi connectivity index (χ4v) is 3.05. The van der Waals surface area contributed by atoms with Crippen LogP contribution >= 0.6 is 0 Å². The summed E-state index contributed by atoms with van der Waals surface area (Å²) < 4.78 is 0. The molecule has 1 aromatic heterocycles. The first-order valence-corrected chi connectivity index (χ1v) is 8.23. The average molecular weight is 324 g/mol. The van der Waals surface area contributed by atoms with Crippen molar-refractivity contribution in [3.05, 3.63) is 59.3 Å². The van der Waals surface area contributed by atoms with Crippen LogP contribution in [-0.2, 0) is 13.0 Å². The Balaban J connectivity index is 1.61. The fraction of sp³-hybridized carbons (Fsp3) is 0.368. The van der Waals surface area contributed by atoms with E-state index in [1.807, 2.05) is 12.1 Å². The van der Waals surface area contributed by atoms with E-state index in [9.17, 15) is 4.79 Å². The Kier molecular flexibility index (Phi) is 4.81. The molecule has 5 nitrogen and oxygen atoms in total. The summed E-state index contributed by atoms with van der Waals surface area (Å²) in [7, 11) is 5.64. The number of pyridine rings is 1. The lowest BCUT2D eigenvalue weighted by molar-refractivity contribution is 0.0827. The van der Waals surface area contributed by atoms with Gasteiger partial charge in [0.25, 0.3) is 5.91 Å². The molecular formula is C19H24N4O. The second-order valence-electron chi connectivity index (χ2n) is 6.55. The fourth-order valence-electron chi connectivity index (χ4n) is 3.05. The summed E-state index contributed by atoms with van der Waals surface area (Å²) in [6.45, 7) is 1.81. The predicted molar refractivity (Wildman–Crippen MR) is 96.1 cm³/mol. The number of nitrogens with zero attached hydrogens (tertiary/aromatic N) is 3. The molecule has 2 aromatic rings. The van der Waals surface area contributed by atoms with Crippen LogP contribution in [0.4, 0.5) is 5.82 Å². The van der Waals surface area contributed by atoms with Gasteiger partial charge in [0, 0.05) is 39.4 Å². The number of amides is 1. The number of carbonyl (C=O) groups is 1. The Morgan fingerprint density at radius 3 is 2.67 bits per heavy atom. The highest BCUT2D eigenvalue weighted by Crippen LogP contribution is 2.22. The Hall–Kier alpha value is -2.40. The maximum absolute atomic E-state index is 11.9. The summed E-state index contributed by atoms with van der Waals surface area (Å²) in [6.07, 6.45) is 2.67. The van der Waals surface area contributed by atoms with Crippen LogP contribution in [0.25, 0.3) is 0 Å². The molecule has 0 saturated heterocycles. The molecule has 24 heavy (non-hydrogen) atoms. The van der Waals surface area contributed by atoms with Crippen molar-refractivity contribution in [2.24, 2.45) is 0 Å². The lowest BCUT2D eigenvalue weighted by Crippen LogP contribution is -2.42. The maximum atomic E-state index is 11.9. The molecule has 5 heteroatoms. The van der Waals surface area contributed by atoms with Crippen LogP contribution in [0.1, 0.15) is 21.5 Å². The van der Waals surface area contributed by atoms with Crippen molar-refractivity contribution < 1.29 is 4.79 Å². The normalized spacial score (nSPS) is 17.2. The number of hydrogen-bond acceptors (Lipinski definition) is 4. The minimum absolute atomic E-state index is 0.0299. The first-order valence-electron chi connectivity index (χ1n) is 8.23. The zero-order valence-corrected chi connectivity index (χ0v) is 14.5. The third kappa shape index (κ3) is 3.57. The molecule has 1 unspecified atom stereocenters. The summed E-state index contributed by atoms with van der Waals surface area (Å²) in [4.78, 5) is 20.2. The van der Waals surface area contributed by atoms with Crippen molar-refractivity contribution in [2.45, 2.75) is 19.0 Å². The molecule has 3 rings (SSSR count). The van der Waals surface area contributed by atoms with Gasteiger partial charge in [-0.05, 0) is 36.7 Å². The van der Waals surface area contributed by atoms with Gasteiger partial charge in [0.1, 0.15) is 5.82 Å². The lowest BCUT2D eigenvalue weighted by atomic mass is 9.94. The standard InChI is InChI=1S/C19H24N4O/c1-22(2)19(24)15-8-9-18(20-11-15)21-12-17-10-14-6-4-5-7-16(14)13-23(17)3/h4-9,11,17H,10,12-13H2,1-3H3,(H,20,21). The monoisotopic (exact) mass is 324 g/mol. The van der Waals surface area contributed by atoms with E-state index < -0.39 is 0 Å². The van der Waals surface area contributed by atoms with Crippen LogP contribution in [0, 0.1) is 0 Å². The number of hydrogen-bond donors (Lipinski definition) is 1. The number of fused-ring (bicyclic) bond motifs is 1. The predicted octanol–water partition coefficient (Wildman–Crippen LogP) is 2.25. The highest BCUT2D eigenvalue weighted by Gasteiger charge is 2.22. The third-order valence-corrected chi connectivity index (χ3v) is 4.55. The molecule has 0 aliphatic carbocycles. The molecule has 126 valence electrons. The number of anilines is 1. The van der Waals surface area contributed by atoms with Crippen LogP contribution in [0.3, 0.4) is 0 Å². The van der Waals surface area contributed by atoms with Crippen LogP contribution in [-0.4, -0.2) is 54.4 Å². The molecule has 1 amide bonds. The number of benzene rings is 1. The third-order valence-electron chi connectivity index (χ3n) is 4.55. The summed E-state index contributed by atoms with van der Waals surface area (Å²) >= 11 is 0. The van der Waals surface area contributed by atoms with Crippen molar-refractivity contribution in [1.29, 1.82) is 0 Å². The van der Waals surface area contributed by atoms with E-state index in [0.717, 1.165) is 25.3 Å². The van der Waals surface area contributed by atoms with E-state index in [-0.39, 0.29) is 5.91 Å². The van der Waals surface area contributed by atoms with Crippen LogP contribution < -0.4 is 5.32 Å². The van der Waals surface area contributed by atoms with Gasteiger partial charge in [0.2, 0.25) is 0 Å². The molecule has 0 spiro atoms. The van der Waals surface area contributed by atoms with Crippen molar-refractivity contribution in [1.82, 2.24) is 14.8 Å². The van der Waals surface area contributed by atoms with E-state index in [4.69, 9.17) is 0 Å². The molecule has 1 N–H and O–H groups in total. The number of aromatic nitrogens is 1. The number of carbonyl (C=O) groups excluding carboxylic acids is 1. The molecule has 0 radical (unpaired) electrons. The average Bonchev–Trinajstić information content (AvgIpc) is 2.59. The molecule has 0 fully saturated rings. The largest absolute Gasteiger partial charge is 0.368 e.